The van der Waals surface area contributed by atoms with Crippen LogP contribution in [0.2, 0.25) is 0 Å². The molecule has 0 aliphatic carbocycles. The van der Waals surface area contributed by atoms with Crippen molar-refractivity contribution in [1.82, 2.24) is 4.98 Å². The van der Waals surface area contributed by atoms with Gasteiger partial charge in [-0.05, 0) is 31.0 Å². The Morgan fingerprint density at radius 1 is 1.04 bits per heavy atom. The molecule has 0 bridgehead atoms. The average molecular weight is 357 g/mol. The van der Waals surface area contributed by atoms with Crippen LogP contribution >= 0.6 is 0 Å². The summed E-state index contributed by atoms with van der Waals surface area (Å²) in [7, 11) is 3.14. The minimum Gasteiger partial charge on any atom is -0.493 e. The molecular weight excluding hydrogens is 330 g/mol. The minimum absolute atomic E-state index is 0.209. The maximum Gasteiger partial charge on any atom is 0.257 e. The van der Waals surface area contributed by atoms with E-state index in [0.717, 1.165) is 31.6 Å². The second-order valence-corrected chi connectivity index (χ2v) is 5.94. The van der Waals surface area contributed by atoms with Crippen LogP contribution in [-0.4, -0.2) is 38.2 Å². The Labute approximate surface area is 155 Å². The first-order chi connectivity index (χ1) is 12.6. The summed E-state index contributed by atoms with van der Waals surface area (Å²) in [6.45, 7) is 6.17. The van der Waals surface area contributed by atoms with E-state index in [1.165, 1.54) is 0 Å². The van der Waals surface area contributed by atoms with E-state index in [-0.39, 0.29) is 5.91 Å². The number of hydrogen-bond donors (Lipinski definition) is 1. The highest BCUT2D eigenvalue weighted by Crippen LogP contribution is 2.30. The van der Waals surface area contributed by atoms with Gasteiger partial charge < -0.3 is 19.7 Å². The lowest BCUT2D eigenvalue weighted by atomic mass is 10.2. The number of ether oxygens (including phenoxy) is 2. The van der Waals surface area contributed by atoms with Crippen molar-refractivity contribution in [3.05, 3.63) is 42.2 Å². The highest BCUT2D eigenvalue weighted by atomic mass is 16.5. The molecule has 26 heavy (non-hydrogen) atoms. The molecule has 140 valence electrons. The summed E-state index contributed by atoms with van der Waals surface area (Å²) in [6, 6.07) is 7.15. The molecule has 0 unspecified atom stereocenters. The molecule has 0 saturated heterocycles. The van der Waals surface area contributed by atoms with Crippen molar-refractivity contribution < 1.29 is 14.3 Å². The van der Waals surface area contributed by atoms with E-state index in [0.29, 0.717) is 22.7 Å². The molecule has 6 heteroatoms. The average Bonchev–Trinajstić information content (AvgIpc) is 2.67. The minimum atomic E-state index is -0.209. The molecule has 0 radical (unpaired) electrons. The van der Waals surface area contributed by atoms with Crippen LogP contribution < -0.4 is 19.7 Å². The Hall–Kier alpha value is -2.76. The zero-order valence-corrected chi connectivity index (χ0v) is 15.9. The van der Waals surface area contributed by atoms with E-state index in [4.69, 9.17) is 9.47 Å². The number of nitrogens with zero attached hydrogens (tertiary/aromatic N) is 2. The summed E-state index contributed by atoms with van der Waals surface area (Å²) >= 11 is 0. The molecule has 0 saturated carbocycles. The molecule has 1 N–H and O–H groups in total. The van der Waals surface area contributed by atoms with Gasteiger partial charge in [-0.15, -0.1) is 0 Å². The van der Waals surface area contributed by atoms with Gasteiger partial charge in [0.1, 0.15) is 0 Å². The topological polar surface area (TPSA) is 63.7 Å². The molecule has 0 spiro atoms. The van der Waals surface area contributed by atoms with Gasteiger partial charge in [0.25, 0.3) is 5.91 Å². The van der Waals surface area contributed by atoms with Crippen molar-refractivity contribution in [2.75, 3.05) is 37.5 Å². The van der Waals surface area contributed by atoms with Crippen LogP contribution in [0, 0.1) is 0 Å². The lowest BCUT2D eigenvalue weighted by Gasteiger charge is -2.23. The Kier molecular flexibility index (Phi) is 7.26. The van der Waals surface area contributed by atoms with Gasteiger partial charge in [0.2, 0.25) is 0 Å². The Morgan fingerprint density at radius 2 is 1.73 bits per heavy atom. The van der Waals surface area contributed by atoms with Crippen molar-refractivity contribution in [1.29, 1.82) is 0 Å². The van der Waals surface area contributed by atoms with E-state index in [1.54, 1.807) is 44.8 Å². The number of benzene rings is 1. The smallest absolute Gasteiger partial charge is 0.257 e. The van der Waals surface area contributed by atoms with Gasteiger partial charge in [-0.1, -0.05) is 13.8 Å². The third-order valence-corrected chi connectivity index (χ3v) is 3.98. The van der Waals surface area contributed by atoms with Crippen LogP contribution in [0.3, 0.4) is 0 Å². The summed E-state index contributed by atoms with van der Waals surface area (Å²) in [5.74, 6) is 0.970. The van der Waals surface area contributed by atoms with Gasteiger partial charge in [-0.2, -0.15) is 0 Å². The van der Waals surface area contributed by atoms with Crippen LogP contribution in [0.1, 0.15) is 37.0 Å². The number of carbonyl (C=O) groups excluding carboxylic acids is 1. The highest BCUT2D eigenvalue weighted by Gasteiger charge is 2.12. The lowest BCUT2D eigenvalue weighted by Crippen LogP contribution is -2.25. The predicted octanol–water partition coefficient (Wildman–Crippen LogP) is 3.98. The number of carbonyl (C=O) groups is 1. The molecule has 1 aromatic carbocycles. The first-order valence-corrected chi connectivity index (χ1v) is 8.86. The van der Waals surface area contributed by atoms with Gasteiger partial charge in [0, 0.05) is 31.0 Å². The van der Waals surface area contributed by atoms with E-state index < -0.39 is 0 Å². The first-order valence-electron chi connectivity index (χ1n) is 8.86. The van der Waals surface area contributed by atoms with Crippen LogP contribution in [0.25, 0.3) is 0 Å². The number of aromatic nitrogens is 1. The van der Waals surface area contributed by atoms with Crippen LogP contribution in [0.15, 0.2) is 36.7 Å². The van der Waals surface area contributed by atoms with Gasteiger partial charge >= 0.3 is 0 Å². The number of anilines is 2. The van der Waals surface area contributed by atoms with Crippen molar-refractivity contribution in [3.63, 3.8) is 0 Å². The molecule has 0 aliphatic rings. The fourth-order valence-electron chi connectivity index (χ4n) is 2.75. The largest absolute Gasteiger partial charge is 0.493 e. The molecule has 2 aromatic rings. The summed E-state index contributed by atoms with van der Waals surface area (Å²) in [5.41, 5.74) is 2.13. The van der Waals surface area contributed by atoms with Gasteiger partial charge in [-0.25, -0.2) is 0 Å². The third kappa shape index (κ3) is 4.88. The van der Waals surface area contributed by atoms with Crippen molar-refractivity contribution in [2.24, 2.45) is 0 Å². The van der Waals surface area contributed by atoms with Gasteiger partial charge in [-0.3, -0.25) is 9.78 Å². The number of rotatable bonds is 9. The van der Waals surface area contributed by atoms with Crippen LogP contribution in [0.5, 0.6) is 11.5 Å². The first kappa shape index (κ1) is 19.6. The zero-order valence-electron chi connectivity index (χ0n) is 15.9. The van der Waals surface area contributed by atoms with E-state index in [9.17, 15) is 4.79 Å². The van der Waals surface area contributed by atoms with E-state index in [1.807, 2.05) is 6.07 Å². The van der Waals surface area contributed by atoms with Crippen molar-refractivity contribution >= 4 is 17.3 Å². The Morgan fingerprint density at radius 3 is 2.35 bits per heavy atom. The molecule has 1 aromatic heterocycles. The van der Waals surface area contributed by atoms with Crippen LogP contribution in [0.4, 0.5) is 11.4 Å². The van der Waals surface area contributed by atoms with Crippen molar-refractivity contribution in [3.8, 4) is 11.5 Å². The molecule has 1 amide bonds. The molecule has 0 atom stereocenters. The number of amides is 1. The number of pyridine rings is 1. The lowest BCUT2D eigenvalue weighted by molar-refractivity contribution is 0.102. The molecule has 1 heterocycles. The van der Waals surface area contributed by atoms with E-state index in [2.05, 4.69) is 29.0 Å². The second-order valence-electron chi connectivity index (χ2n) is 5.94. The zero-order chi connectivity index (χ0) is 18.9. The number of methoxy groups -OCH3 is 2. The Bertz CT molecular complexity index is 728. The third-order valence-electron chi connectivity index (χ3n) is 3.98. The summed E-state index contributed by atoms with van der Waals surface area (Å²) in [6.07, 6.45) is 5.47. The molecule has 6 nitrogen and oxygen atoms in total. The maximum absolute atomic E-state index is 12.6. The second kappa shape index (κ2) is 9.65. The summed E-state index contributed by atoms with van der Waals surface area (Å²) in [4.78, 5) is 19.1. The monoisotopic (exact) mass is 357 g/mol. The molecule has 0 fully saturated rings. The standard InChI is InChI=1S/C20H27N3O3/c1-5-9-23(10-6-2)17-11-15(13-21-14-17)20(24)22-16-7-8-18(25-3)19(12-16)26-4/h7-8,11-14H,5-6,9-10H2,1-4H3,(H,22,24). The maximum atomic E-state index is 12.6. The normalized spacial score (nSPS) is 10.3. The van der Waals surface area contributed by atoms with Gasteiger partial charge in [0.15, 0.2) is 11.5 Å². The highest BCUT2D eigenvalue weighted by molar-refractivity contribution is 6.04. The quantitative estimate of drug-likeness (QED) is 0.735. The number of nitrogens with one attached hydrogen (secondary N) is 1. The molecular formula is C20H27N3O3. The van der Waals surface area contributed by atoms with Crippen molar-refractivity contribution in [2.45, 2.75) is 26.7 Å². The number of hydrogen-bond acceptors (Lipinski definition) is 5. The van der Waals surface area contributed by atoms with Gasteiger partial charge in [0.05, 0.1) is 31.7 Å². The Balaban J connectivity index is 2.18. The van der Waals surface area contributed by atoms with Crippen LogP contribution in [-0.2, 0) is 0 Å². The molecule has 0 aliphatic heterocycles. The fourth-order valence-corrected chi connectivity index (χ4v) is 2.75. The van der Waals surface area contributed by atoms with E-state index >= 15 is 0 Å². The predicted molar refractivity (Wildman–Crippen MR) is 105 cm³/mol. The SMILES string of the molecule is CCCN(CCC)c1cncc(C(=O)Nc2ccc(OC)c(OC)c2)c1. The summed E-state index contributed by atoms with van der Waals surface area (Å²) < 4.78 is 10.5. The molecule has 2 rings (SSSR count). The fraction of sp³-hybridized carbons (Fsp3) is 0.400. The summed E-state index contributed by atoms with van der Waals surface area (Å²) in [5, 5.41) is 2.88.